The molecule has 21 heavy (non-hydrogen) atoms. The normalized spacial score (nSPS) is 10.7. The maximum Gasteiger partial charge on any atom is 0.262 e. The smallest absolute Gasteiger partial charge is 0.262 e. The largest absolute Gasteiger partial charge is 0.385 e. The molecular formula is C14H17N3O3S. The van der Waals surface area contributed by atoms with Crippen LogP contribution in [0.3, 0.4) is 0 Å². The lowest BCUT2D eigenvalue weighted by Gasteiger charge is -2.08. The van der Waals surface area contributed by atoms with E-state index in [1.54, 1.807) is 25.3 Å². The summed E-state index contributed by atoms with van der Waals surface area (Å²) in [5, 5.41) is 3.24. The number of nitrogens with one attached hydrogen (secondary N) is 2. The Morgan fingerprint density at radius 3 is 2.95 bits per heavy atom. The van der Waals surface area contributed by atoms with Crippen molar-refractivity contribution in [1.82, 2.24) is 14.9 Å². The molecule has 2 aromatic rings. The van der Waals surface area contributed by atoms with Crippen LogP contribution in [0.25, 0.3) is 10.9 Å². The highest BCUT2D eigenvalue weighted by molar-refractivity contribution is 7.71. The molecule has 0 unspecified atom stereocenters. The number of benzene rings is 1. The molecular weight excluding hydrogens is 290 g/mol. The van der Waals surface area contributed by atoms with Crippen LogP contribution in [0, 0.1) is 4.77 Å². The first-order valence-corrected chi connectivity index (χ1v) is 7.02. The van der Waals surface area contributed by atoms with E-state index in [9.17, 15) is 9.59 Å². The molecule has 0 saturated carbocycles. The lowest BCUT2D eigenvalue weighted by molar-refractivity contribution is -0.121. The van der Waals surface area contributed by atoms with E-state index in [1.165, 1.54) is 4.57 Å². The van der Waals surface area contributed by atoms with E-state index in [0.717, 1.165) is 6.42 Å². The molecule has 0 fully saturated rings. The van der Waals surface area contributed by atoms with Crippen LogP contribution in [0.2, 0.25) is 0 Å². The van der Waals surface area contributed by atoms with Crippen molar-refractivity contribution in [3.63, 3.8) is 0 Å². The number of aromatic nitrogens is 2. The first-order valence-electron chi connectivity index (χ1n) is 6.61. The molecule has 6 nitrogen and oxygen atoms in total. The zero-order valence-corrected chi connectivity index (χ0v) is 12.5. The third-order valence-corrected chi connectivity index (χ3v) is 3.36. The van der Waals surface area contributed by atoms with E-state index < -0.39 is 0 Å². The number of carbonyl (C=O) groups is 1. The molecule has 0 saturated heterocycles. The summed E-state index contributed by atoms with van der Waals surface area (Å²) in [4.78, 5) is 27.1. The molecule has 1 aromatic heterocycles. The van der Waals surface area contributed by atoms with E-state index in [1.807, 2.05) is 6.07 Å². The molecule has 0 aliphatic heterocycles. The van der Waals surface area contributed by atoms with Gasteiger partial charge < -0.3 is 15.0 Å². The number of rotatable bonds is 6. The van der Waals surface area contributed by atoms with E-state index >= 15 is 0 Å². The van der Waals surface area contributed by atoms with Gasteiger partial charge in [0.05, 0.1) is 10.9 Å². The van der Waals surface area contributed by atoms with E-state index in [4.69, 9.17) is 17.0 Å². The first kappa shape index (κ1) is 15.4. The monoisotopic (exact) mass is 307 g/mol. The van der Waals surface area contributed by atoms with Crippen molar-refractivity contribution < 1.29 is 9.53 Å². The molecule has 0 bridgehead atoms. The van der Waals surface area contributed by atoms with Gasteiger partial charge in [-0.2, -0.15) is 0 Å². The third kappa shape index (κ3) is 3.77. The van der Waals surface area contributed by atoms with Crippen molar-refractivity contribution in [2.75, 3.05) is 20.3 Å². The Balaban J connectivity index is 2.17. The number of methoxy groups -OCH3 is 1. The zero-order chi connectivity index (χ0) is 15.2. The van der Waals surface area contributed by atoms with Crippen LogP contribution in [-0.4, -0.2) is 35.7 Å². The summed E-state index contributed by atoms with van der Waals surface area (Å²) in [6.45, 7) is 0.994. The molecule has 1 aromatic carbocycles. The Morgan fingerprint density at radius 1 is 1.43 bits per heavy atom. The maximum atomic E-state index is 12.3. The number of hydrogen-bond donors (Lipinski definition) is 2. The summed E-state index contributed by atoms with van der Waals surface area (Å²) >= 11 is 5.15. The predicted molar refractivity (Wildman–Crippen MR) is 82.9 cm³/mol. The summed E-state index contributed by atoms with van der Waals surface area (Å²) in [7, 11) is 1.61. The van der Waals surface area contributed by atoms with Gasteiger partial charge in [0.1, 0.15) is 6.54 Å². The number of hydrogen-bond acceptors (Lipinski definition) is 4. The highest BCUT2D eigenvalue weighted by Gasteiger charge is 2.08. The van der Waals surface area contributed by atoms with Gasteiger partial charge >= 0.3 is 0 Å². The average molecular weight is 307 g/mol. The summed E-state index contributed by atoms with van der Waals surface area (Å²) in [5.41, 5.74) is 0.408. The number of H-pyrrole nitrogens is 1. The van der Waals surface area contributed by atoms with Crippen molar-refractivity contribution in [3.05, 3.63) is 39.4 Å². The topological polar surface area (TPSA) is 76.1 Å². The first-order chi connectivity index (χ1) is 10.1. The van der Waals surface area contributed by atoms with Gasteiger partial charge in [-0.15, -0.1) is 0 Å². The van der Waals surface area contributed by atoms with E-state index in [2.05, 4.69) is 10.3 Å². The number of nitrogens with zero attached hydrogens (tertiary/aromatic N) is 1. The van der Waals surface area contributed by atoms with Crippen LogP contribution in [-0.2, 0) is 16.1 Å². The van der Waals surface area contributed by atoms with Crippen LogP contribution in [0.5, 0.6) is 0 Å². The number of ether oxygens (including phenoxy) is 1. The third-order valence-electron chi connectivity index (χ3n) is 3.04. The van der Waals surface area contributed by atoms with Crippen molar-refractivity contribution in [2.24, 2.45) is 0 Å². The highest BCUT2D eigenvalue weighted by Crippen LogP contribution is 2.05. The molecule has 7 heteroatoms. The molecule has 0 aliphatic carbocycles. The van der Waals surface area contributed by atoms with E-state index in [-0.39, 0.29) is 22.8 Å². The van der Waals surface area contributed by atoms with Crippen molar-refractivity contribution in [3.8, 4) is 0 Å². The minimum Gasteiger partial charge on any atom is -0.385 e. The molecule has 0 spiro atoms. The van der Waals surface area contributed by atoms with Gasteiger partial charge in [0.15, 0.2) is 4.77 Å². The van der Waals surface area contributed by atoms with Crippen LogP contribution >= 0.6 is 12.2 Å². The number of fused-ring (bicyclic) bond motifs is 1. The van der Waals surface area contributed by atoms with Crippen molar-refractivity contribution in [2.45, 2.75) is 13.0 Å². The van der Waals surface area contributed by atoms with Crippen LogP contribution in [0.4, 0.5) is 0 Å². The highest BCUT2D eigenvalue weighted by atomic mass is 32.1. The number of carbonyl (C=O) groups excluding carboxylic acids is 1. The molecule has 2 rings (SSSR count). The molecule has 2 N–H and O–H groups in total. The second-order valence-corrected chi connectivity index (χ2v) is 4.95. The summed E-state index contributed by atoms with van der Waals surface area (Å²) in [6, 6.07) is 7.08. The molecule has 112 valence electrons. The number of para-hydroxylation sites is 1. The van der Waals surface area contributed by atoms with Gasteiger partial charge in [-0.05, 0) is 30.8 Å². The summed E-state index contributed by atoms with van der Waals surface area (Å²) in [5.74, 6) is -0.247. The average Bonchev–Trinajstić information content (AvgIpc) is 2.48. The quantitative estimate of drug-likeness (QED) is 0.621. The Morgan fingerprint density at radius 2 is 2.19 bits per heavy atom. The summed E-state index contributed by atoms with van der Waals surface area (Å²) < 4.78 is 6.41. The fraction of sp³-hybridized carbons (Fsp3) is 0.357. The van der Waals surface area contributed by atoms with Gasteiger partial charge in [-0.25, -0.2) is 0 Å². The second kappa shape index (κ2) is 7.14. The Bertz CT molecular complexity index is 751. The van der Waals surface area contributed by atoms with Gasteiger partial charge in [-0.1, -0.05) is 12.1 Å². The van der Waals surface area contributed by atoms with Gasteiger partial charge in [0, 0.05) is 20.3 Å². The molecule has 0 radical (unpaired) electrons. The van der Waals surface area contributed by atoms with Gasteiger partial charge in [0.25, 0.3) is 5.56 Å². The van der Waals surface area contributed by atoms with Crippen molar-refractivity contribution in [1.29, 1.82) is 0 Å². The predicted octanol–water partition coefficient (Wildman–Crippen LogP) is 1.21. The standard InChI is InChI=1S/C14H17N3O3S/c1-20-8-4-7-15-12(18)9-17-13(19)10-5-2-3-6-11(10)16-14(17)21/h2-3,5-6H,4,7-9H2,1H3,(H,15,18)(H,16,21). The lowest BCUT2D eigenvalue weighted by Crippen LogP contribution is -2.33. The number of aromatic amines is 1. The minimum absolute atomic E-state index is 0.0913. The van der Waals surface area contributed by atoms with Crippen LogP contribution in [0.1, 0.15) is 6.42 Å². The Labute approximate surface area is 126 Å². The van der Waals surface area contributed by atoms with Crippen LogP contribution < -0.4 is 10.9 Å². The molecule has 1 heterocycles. The SMILES string of the molecule is COCCCNC(=O)Cn1c(=S)[nH]c2ccccc2c1=O. The van der Waals surface area contributed by atoms with Gasteiger partial charge in [-0.3, -0.25) is 14.2 Å². The Hall–Kier alpha value is -1.99. The lowest BCUT2D eigenvalue weighted by atomic mass is 10.2. The fourth-order valence-corrected chi connectivity index (χ4v) is 2.24. The maximum absolute atomic E-state index is 12.3. The molecule has 1 amide bonds. The molecule has 0 aliphatic rings. The summed E-state index contributed by atoms with van der Waals surface area (Å²) in [6.07, 6.45) is 0.724. The second-order valence-electron chi connectivity index (χ2n) is 4.56. The zero-order valence-electron chi connectivity index (χ0n) is 11.7. The molecule has 0 atom stereocenters. The van der Waals surface area contributed by atoms with E-state index in [0.29, 0.717) is 24.1 Å². The fourth-order valence-electron chi connectivity index (χ4n) is 1.99. The number of amides is 1. The Kier molecular flexibility index (Phi) is 5.24. The minimum atomic E-state index is -0.263. The van der Waals surface area contributed by atoms with Gasteiger partial charge in [0.2, 0.25) is 5.91 Å². The van der Waals surface area contributed by atoms with Crippen LogP contribution in [0.15, 0.2) is 29.1 Å². The van der Waals surface area contributed by atoms with Crippen molar-refractivity contribution >= 4 is 29.0 Å².